The minimum atomic E-state index is 0.0298. The first-order valence-corrected chi connectivity index (χ1v) is 10.3. The number of fused-ring (bicyclic) bond motifs is 2. The summed E-state index contributed by atoms with van der Waals surface area (Å²) in [4.78, 5) is 25.0. The predicted molar refractivity (Wildman–Crippen MR) is 115 cm³/mol. The van der Waals surface area contributed by atoms with E-state index in [2.05, 4.69) is 49.7 Å². The van der Waals surface area contributed by atoms with Crippen LogP contribution in [0.2, 0.25) is 0 Å². The lowest BCUT2D eigenvalue weighted by Crippen LogP contribution is -2.36. The minimum absolute atomic E-state index is 0.0298. The number of rotatable bonds is 4. The SMILES string of the molecule is C#CCn1cc(CN2CCc3c(nc(N4CCCC4)[nH]c3=O)C2)c2ccccc21. The lowest BCUT2D eigenvalue weighted by molar-refractivity contribution is 0.241. The number of nitrogens with zero attached hydrogens (tertiary/aromatic N) is 4. The Morgan fingerprint density at radius 1 is 1.17 bits per heavy atom. The van der Waals surface area contributed by atoms with Crippen molar-refractivity contribution in [2.45, 2.75) is 38.9 Å². The van der Waals surface area contributed by atoms with Gasteiger partial charge in [-0.25, -0.2) is 4.98 Å². The van der Waals surface area contributed by atoms with Gasteiger partial charge in [0.1, 0.15) is 0 Å². The summed E-state index contributed by atoms with van der Waals surface area (Å²) in [7, 11) is 0. The molecular weight excluding hydrogens is 362 g/mol. The molecule has 1 aromatic carbocycles. The molecule has 3 aromatic rings. The fourth-order valence-electron chi connectivity index (χ4n) is 4.61. The van der Waals surface area contributed by atoms with Gasteiger partial charge in [0, 0.05) is 55.4 Å². The zero-order valence-corrected chi connectivity index (χ0v) is 16.5. The lowest BCUT2D eigenvalue weighted by Gasteiger charge is -2.28. The molecule has 2 aliphatic heterocycles. The molecule has 0 aliphatic carbocycles. The maximum atomic E-state index is 12.6. The molecule has 148 valence electrons. The van der Waals surface area contributed by atoms with Crippen LogP contribution in [0.5, 0.6) is 0 Å². The number of terminal acetylenes is 1. The highest BCUT2D eigenvalue weighted by Gasteiger charge is 2.24. The van der Waals surface area contributed by atoms with E-state index in [4.69, 9.17) is 11.4 Å². The molecule has 0 saturated carbocycles. The summed E-state index contributed by atoms with van der Waals surface area (Å²) in [6.07, 6.45) is 10.8. The van der Waals surface area contributed by atoms with Crippen LogP contribution in [0.15, 0.2) is 35.3 Å². The fraction of sp³-hybridized carbons (Fsp3) is 0.391. The standard InChI is InChI=1S/C23H25N5O/c1-2-10-28-15-17(18-7-3-4-8-21(18)28)14-26-13-9-19-20(16-26)24-23(25-22(19)29)27-11-5-6-12-27/h1,3-4,7-8,15H,5-6,9-14,16H2,(H,24,25,29). The van der Waals surface area contributed by atoms with Crippen molar-refractivity contribution in [3.8, 4) is 12.3 Å². The van der Waals surface area contributed by atoms with E-state index in [1.54, 1.807) is 0 Å². The van der Waals surface area contributed by atoms with Gasteiger partial charge in [-0.1, -0.05) is 24.1 Å². The molecular formula is C23H25N5O. The Kier molecular flexibility index (Phi) is 4.61. The number of hydrogen-bond acceptors (Lipinski definition) is 4. The molecule has 6 nitrogen and oxygen atoms in total. The first-order chi connectivity index (χ1) is 14.2. The lowest BCUT2D eigenvalue weighted by atomic mass is 10.1. The van der Waals surface area contributed by atoms with E-state index in [0.717, 1.165) is 62.6 Å². The summed E-state index contributed by atoms with van der Waals surface area (Å²) >= 11 is 0. The molecule has 0 amide bonds. The van der Waals surface area contributed by atoms with Crippen LogP contribution in [-0.2, 0) is 26.1 Å². The quantitative estimate of drug-likeness (QED) is 0.699. The molecule has 2 aliphatic rings. The molecule has 0 bridgehead atoms. The second-order valence-electron chi connectivity index (χ2n) is 7.97. The van der Waals surface area contributed by atoms with Crippen LogP contribution in [0.4, 0.5) is 5.95 Å². The highest BCUT2D eigenvalue weighted by molar-refractivity contribution is 5.84. The Bertz CT molecular complexity index is 1150. The van der Waals surface area contributed by atoms with Gasteiger partial charge in [-0.2, -0.15) is 0 Å². The molecule has 0 unspecified atom stereocenters. The van der Waals surface area contributed by atoms with E-state index < -0.39 is 0 Å². The topological polar surface area (TPSA) is 57.2 Å². The highest BCUT2D eigenvalue weighted by Crippen LogP contribution is 2.25. The molecule has 4 heterocycles. The second-order valence-corrected chi connectivity index (χ2v) is 7.97. The fourth-order valence-corrected chi connectivity index (χ4v) is 4.61. The van der Waals surface area contributed by atoms with Gasteiger partial charge < -0.3 is 9.47 Å². The van der Waals surface area contributed by atoms with Crippen molar-refractivity contribution in [2.75, 3.05) is 24.5 Å². The van der Waals surface area contributed by atoms with E-state index >= 15 is 0 Å². The Morgan fingerprint density at radius 3 is 2.83 bits per heavy atom. The number of anilines is 1. The van der Waals surface area contributed by atoms with Crippen molar-refractivity contribution < 1.29 is 0 Å². The van der Waals surface area contributed by atoms with Crippen molar-refractivity contribution in [1.29, 1.82) is 0 Å². The third kappa shape index (κ3) is 3.32. The van der Waals surface area contributed by atoms with Gasteiger partial charge in [-0.15, -0.1) is 6.42 Å². The van der Waals surface area contributed by atoms with Crippen LogP contribution in [0.3, 0.4) is 0 Å². The van der Waals surface area contributed by atoms with Crippen molar-refractivity contribution >= 4 is 16.9 Å². The number of nitrogens with one attached hydrogen (secondary N) is 1. The van der Waals surface area contributed by atoms with E-state index in [1.165, 1.54) is 16.5 Å². The molecule has 2 aromatic heterocycles. The van der Waals surface area contributed by atoms with Gasteiger partial charge in [-0.05, 0) is 30.9 Å². The Hall–Kier alpha value is -3.04. The summed E-state index contributed by atoms with van der Waals surface area (Å²) in [6, 6.07) is 8.39. The molecule has 6 heteroatoms. The van der Waals surface area contributed by atoms with Gasteiger partial charge in [0.25, 0.3) is 5.56 Å². The Labute approximate surface area is 170 Å². The zero-order chi connectivity index (χ0) is 19.8. The number of H-pyrrole nitrogens is 1. The largest absolute Gasteiger partial charge is 0.342 e. The van der Waals surface area contributed by atoms with E-state index in [0.29, 0.717) is 13.1 Å². The molecule has 5 rings (SSSR count). The van der Waals surface area contributed by atoms with Gasteiger partial charge in [0.05, 0.1) is 12.2 Å². The van der Waals surface area contributed by atoms with Crippen LogP contribution in [0.25, 0.3) is 10.9 Å². The predicted octanol–water partition coefficient (Wildman–Crippen LogP) is 2.52. The zero-order valence-electron chi connectivity index (χ0n) is 16.5. The van der Waals surface area contributed by atoms with Crippen LogP contribution >= 0.6 is 0 Å². The Morgan fingerprint density at radius 2 is 2.00 bits per heavy atom. The number of hydrogen-bond donors (Lipinski definition) is 1. The number of aromatic nitrogens is 3. The third-order valence-corrected chi connectivity index (χ3v) is 6.07. The van der Waals surface area contributed by atoms with Crippen LogP contribution < -0.4 is 10.5 Å². The maximum absolute atomic E-state index is 12.6. The molecule has 1 fully saturated rings. The first-order valence-electron chi connectivity index (χ1n) is 10.3. The summed E-state index contributed by atoms with van der Waals surface area (Å²) in [6.45, 7) is 4.90. The van der Waals surface area contributed by atoms with Gasteiger partial charge in [0.2, 0.25) is 5.95 Å². The molecule has 1 saturated heterocycles. The summed E-state index contributed by atoms with van der Waals surface area (Å²) in [5.41, 5.74) is 4.24. The van der Waals surface area contributed by atoms with Gasteiger partial charge in [-0.3, -0.25) is 14.7 Å². The van der Waals surface area contributed by atoms with Gasteiger partial charge in [0.15, 0.2) is 0 Å². The van der Waals surface area contributed by atoms with E-state index in [1.807, 2.05) is 6.07 Å². The molecule has 0 radical (unpaired) electrons. The van der Waals surface area contributed by atoms with Crippen LogP contribution in [0.1, 0.15) is 29.7 Å². The van der Waals surface area contributed by atoms with Crippen molar-refractivity contribution in [2.24, 2.45) is 0 Å². The molecule has 29 heavy (non-hydrogen) atoms. The van der Waals surface area contributed by atoms with E-state index in [-0.39, 0.29) is 5.56 Å². The van der Waals surface area contributed by atoms with Crippen molar-refractivity contribution in [3.63, 3.8) is 0 Å². The number of aromatic amines is 1. The number of para-hydroxylation sites is 1. The number of benzene rings is 1. The molecule has 1 N–H and O–H groups in total. The third-order valence-electron chi connectivity index (χ3n) is 6.07. The summed E-state index contributed by atoms with van der Waals surface area (Å²) in [5.74, 6) is 3.48. The average Bonchev–Trinajstić information content (AvgIpc) is 3.38. The van der Waals surface area contributed by atoms with Gasteiger partial charge >= 0.3 is 0 Å². The normalized spacial score (nSPS) is 16.9. The van der Waals surface area contributed by atoms with Crippen LogP contribution in [0, 0.1) is 12.3 Å². The van der Waals surface area contributed by atoms with Crippen molar-refractivity contribution in [1.82, 2.24) is 19.4 Å². The molecule has 0 spiro atoms. The first kappa shape index (κ1) is 18.0. The Balaban J connectivity index is 1.42. The monoisotopic (exact) mass is 387 g/mol. The smallest absolute Gasteiger partial charge is 0.255 e. The van der Waals surface area contributed by atoms with E-state index in [9.17, 15) is 4.79 Å². The summed E-state index contributed by atoms with van der Waals surface area (Å²) in [5, 5.41) is 1.24. The van der Waals surface area contributed by atoms with Crippen molar-refractivity contribution in [3.05, 3.63) is 57.6 Å². The highest BCUT2D eigenvalue weighted by atomic mass is 16.1. The second kappa shape index (κ2) is 7.41. The molecule has 0 atom stereocenters. The maximum Gasteiger partial charge on any atom is 0.255 e. The minimum Gasteiger partial charge on any atom is -0.342 e. The summed E-state index contributed by atoms with van der Waals surface area (Å²) < 4.78 is 2.14. The van der Waals surface area contributed by atoms with Crippen LogP contribution in [-0.4, -0.2) is 39.1 Å². The average molecular weight is 387 g/mol.